The lowest BCUT2D eigenvalue weighted by Gasteiger charge is -1.94. The average molecular weight is 200 g/mol. The minimum Gasteiger partial charge on any atom is -0.344 e. The maximum atomic E-state index is 10.7. The van der Waals surface area contributed by atoms with E-state index < -0.39 is 10.0 Å². The molecule has 0 fully saturated rings. The van der Waals surface area contributed by atoms with E-state index >= 15 is 0 Å². The number of aromatic nitrogens is 1. The smallest absolute Gasteiger partial charge is 0.255 e. The number of hydrogen-bond acceptors (Lipinski definition) is 5. The minimum atomic E-state index is -3.75. The summed E-state index contributed by atoms with van der Waals surface area (Å²) < 4.78 is 21.3. The van der Waals surface area contributed by atoms with Crippen molar-refractivity contribution in [2.45, 2.75) is 5.03 Å². The van der Waals surface area contributed by atoms with Crippen LogP contribution in [-0.2, 0) is 10.0 Å². The average Bonchev–Trinajstić information content (AvgIpc) is 2.03. The third kappa shape index (κ3) is 2.79. The number of nitriles is 1. The van der Waals surface area contributed by atoms with Crippen LogP contribution >= 0.6 is 0 Å². The predicted octanol–water partition coefficient (Wildman–Crippen LogP) is -0.237. The maximum absolute atomic E-state index is 10.7. The molecule has 0 aliphatic carbocycles. The van der Waals surface area contributed by atoms with Gasteiger partial charge in [0.2, 0.25) is 0 Å². The first-order valence-electron chi connectivity index (χ1n) is 2.93. The Bertz CT molecular complexity index is 417. The number of hydrogen-bond donors (Lipinski definition) is 2. The van der Waals surface area contributed by atoms with Crippen LogP contribution in [0, 0.1) is 11.3 Å². The highest BCUT2D eigenvalue weighted by atomic mass is 32.2. The van der Waals surface area contributed by atoms with Crippen LogP contribution in [0.25, 0.3) is 0 Å². The van der Waals surface area contributed by atoms with Gasteiger partial charge in [-0.1, -0.05) is 0 Å². The summed E-state index contributed by atoms with van der Waals surface area (Å²) in [4.78, 5) is 3.49. The predicted molar refractivity (Wildman–Crippen MR) is 45.3 cm³/mol. The third-order valence-electron chi connectivity index (χ3n) is 1.16. The first-order valence-corrected chi connectivity index (χ1v) is 4.47. The van der Waals surface area contributed by atoms with Crippen LogP contribution < -0.4 is 11.3 Å². The first-order chi connectivity index (χ1) is 5.54. The van der Waals surface area contributed by atoms with Gasteiger partial charge in [0, 0.05) is 6.20 Å². The second-order valence-electron chi connectivity index (χ2n) is 2.04. The molecule has 0 amide bonds. The molecule has 70 valence electrons. The summed E-state index contributed by atoms with van der Waals surface area (Å²) in [6.07, 6.45) is 1.15. The molecule has 5 N–H and O–H groups in total. The summed E-state index contributed by atoms with van der Waals surface area (Å²) in [5.74, 6) is 0. The van der Waals surface area contributed by atoms with Gasteiger partial charge in [0.1, 0.15) is 6.07 Å². The number of pyridine rings is 1. The van der Waals surface area contributed by atoms with Crippen molar-refractivity contribution in [1.82, 2.24) is 11.1 Å². The molecule has 0 saturated heterocycles. The number of primary sulfonamides is 1. The van der Waals surface area contributed by atoms with Crippen molar-refractivity contribution in [3.05, 3.63) is 23.9 Å². The number of nitrogens with zero attached hydrogens (tertiary/aromatic N) is 2. The summed E-state index contributed by atoms with van der Waals surface area (Å²) in [5.41, 5.74) is 0.294. The van der Waals surface area contributed by atoms with E-state index in [1.54, 1.807) is 0 Å². The van der Waals surface area contributed by atoms with Crippen molar-refractivity contribution >= 4 is 10.0 Å². The Morgan fingerprint density at radius 3 is 2.38 bits per heavy atom. The SMILES string of the molecule is N.N#Cc1ccc(S(N)(=O)=O)nc1. The Hall–Kier alpha value is -1.49. The van der Waals surface area contributed by atoms with Gasteiger partial charge in [-0.3, -0.25) is 0 Å². The number of nitrogens with two attached hydrogens (primary N) is 1. The van der Waals surface area contributed by atoms with Gasteiger partial charge in [-0.2, -0.15) is 5.26 Å². The highest BCUT2D eigenvalue weighted by Gasteiger charge is 2.07. The zero-order valence-electron chi connectivity index (χ0n) is 6.64. The quantitative estimate of drug-likeness (QED) is 0.645. The lowest BCUT2D eigenvalue weighted by molar-refractivity contribution is 0.594. The molecular formula is C6H8N4O2S. The van der Waals surface area contributed by atoms with Crippen LogP contribution in [0.5, 0.6) is 0 Å². The fourth-order valence-corrected chi connectivity index (χ4v) is 1.07. The van der Waals surface area contributed by atoms with Gasteiger partial charge in [-0.05, 0) is 12.1 Å². The molecule has 0 aliphatic rings. The topological polar surface area (TPSA) is 132 Å². The molecule has 1 aromatic rings. The van der Waals surface area contributed by atoms with Crippen molar-refractivity contribution < 1.29 is 8.42 Å². The Kier molecular flexibility index (Phi) is 3.50. The Labute approximate surface area is 75.6 Å². The third-order valence-corrected chi connectivity index (χ3v) is 1.98. The van der Waals surface area contributed by atoms with Crippen molar-refractivity contribution in [3.8, 4) is 6.07 Å². The molecule has 0 saturated carbocycles. The lowest BCUT2D eigenvalue weighted by atomic mass is 10.3. The maximum Gasteiger partial charge on any atom is 0.255 e. The van der Waals surface area contributed by atoms with Gasteiger partial charge in [0.05, 0.1) is 5.56 Å². The van der Waals surface area contributed by atoms with E-state index in [9.17, 15) is 8.42 Å². The zero-order chi connectivity index (χ0) is 9.19. The molecule has 0 aromatic carbocycles. The molecule has 1 aromatic heterocycles. The van der Waals surface area contributed by atoms with Crippen LogP contribution in [0.2, 0.25) is 0 Å². The van der Waals surface area contributed by atoms with Crippen LogP contribution in [-0.4, -0.2) is 13.4 Å². The van der Waals surface area contributed by atoms with Crippen molar-refractivity contribution in [3.63, 3.8) is 0 Å². The van der Waals surface area contributed by atoms with Crippen molar-refractivity contribution in [2.75, 3.05) is 0 Å². The molecule has 0 bridgehead atoms. The van der Waals surface area contributed by atoms with E-state index in [0.29, 0.717) is 5.56 Å². The molecular weight excluding hydrogens is 192 g/mol. The van der Waals surface area contributed by atoms with E-state index in [0.717, 1.165) is 6.20 Å². The first kappa shape index (κ1) is 11.5. The Morgan fingerprint density at radius 2 is 2.08 bits per heavy atom. The van der Waals surface area contributed by atoms with Gasteiger partial charge >= 0.3 is 0 Å². The van der Waals surface area contributed by atoms with Gasteiger partial charge < -0.3 is 6.15 Å². The Morgan fingerprint density at radius 1 is 1.46 bits per heavy atom. The molecule has 7 heteroatoms. The van der Waals surface area contributed by atoms with E-state index in [2.05, 4.69) is 4.98 Å². The van der Waals surface area contributed by atoms with Gasteiger partial charge in [0.15, 0.2) is 5.03 Å². The molecule has 13 heavy (non-hydrogen) atoms. The zero-order valence-corrected chi connectivity index (χ0v) is 7.45. The largest absolute Gasteiger partial charge is 0.344 e. The van der Waals surface area contributed by atoms with Crippen molar-refractivity contribution in [2.24, 2.45) is 5.14 Å². The lowest BCUT2D eigenvalue weighted by Crippen LogP contribution is -2.13. The summed E-state index contributed by atoms with van der Waals surface area (Å²) in [6.45, 7) is 0. The molecule has 0 atom stereocenters. The van der Waals surface area contributed by atoms with Crippen LogP contribution in [0.1, 0.15) is 5.56 Å². The van der Waals surface area contributed by atoms with Gasteiger partial charge in [-0.25, -0.2) is 18.5 Å². The molecule has 1 rings (SSSR count). The molecule has 0 unspecified atom stereocenters. The highest BCUT2D eigenvalue weighted by Crippen LogP contribution is 2.02. The van der Waals surface area contributed by atoms with E-state index in [4.69, 9.17) is 10.4 Å². The molecule has 1 heterocycles. The summed E-state index contributed by atoms with van der Waals surface area (Å²) in [7, 11) is -3.75. The number of rotatable bonds is 1. The molecule has 0 radical (unpaired) electrons. The number of sulfonamides is 1. The molecule has 0 spiro atoms. The minimum absolute atomic E-state index is 0. The summed E-state index contributed by atoms with van der Waals surface area (Å²) in [6, 6.07) is 4.34. The normalized spacial score (nSPS) is 9.85. The second-order valence-corrected chi connectivity index (χ2v) is 3.55. The van der Waals surface area contributed by atoms with Crippen molar-refractivity contribution in [1.29, 1.82) is 5.26 Å². The standard InChI is InChI=1S/C6H5N3O2S.H3N/c7-3-5-1-2-6(9-4-5)12(8,10)11;/h1-2,4H,(H2,8,10,11);1H3. The fraction of sp³-hybridized carbons (Fsp3) is 0. The molecule has 6 nitrogen and oxygen atoms in total. The van der Waals surface area contributed by atoms with Crippen LogP contribution in [0.15, 0.2) is 23.4 Å². The highest BCUT2D eigenvalue weighted by molar-refractivity contribution is 7.89. The summed E-state index contributed by atoms with van der Waals surface area (Å²) >= 11 is 0. The monoisotopic (exact) mass is 200 g/mol. The summed E-state index contributed by atoms with van der Waals surface area (Å²) in [5, 5.41) is 12.9. The van der Waals surface area contributed by atoms with E-state index in [1.807, 2.05) is 6.07 Å². The van der Waals surface area contributed by atoms with Gasteiger partial charge in [-0.15, -0.1) is 0 Å². The fourth-order valence-electron chi connectivity index (χ4n) is 0.615. The Balaban J connectivity index is 0.00000144. The molecule has 0 aliphatic heterocycles. The van der Waals surface area contributed by atoms with E-state index in [-0.39, 0.29) is 11.2 Å². The van der Waals surface area contributed by atoms with Crippen LogP contribution in [0.4, 0.5) is 0 Å². The van der Waals surface area contributed by atoms with E-state index in [1.165, 1.54) is 12.1 Å². The van der Waals surface area contributed by atoms with Crippen LogP contribution in [0.3, 0.4) is 0 Å². The van der Waals surface area contributed by atoms with Gasteiger partial charge in [0.25, 0.3) is 10.0 Å². The second kappa shape index (κ2) is 3.95.